The molecule has 2 N–H and O–H groups in total. The highest BCUT2D eigenvalue weighted by atomic mass is 32.1. The van der Waals surface area contributed by atoms with Crippen LogP contribution in [0.1, 0.15) is 27.8 Å². The Morgan fingerprint density at radius 1 is 1.25 bits per heavy atom. The van der Waals surface area contributed by atoms with E-state index in [9.17, 15) is 0 Å². The molecule has 1 atom stereocenters. The van der Waals surface area contributed by atoms with E-state index in [-0.39, 0.29) is 0 Å². The standard InChI is InChI=1S/C19H27N3OS/c1-13-10-16(7-9-18(13)23-5)12-21-19(20-4)22-14(2)11-17-8-6-15(3)24-17/h6-10,14H,11-12H2,1-5H3,(H2,20,21,22). The molecule has 2 rings (SSSR count). The van der Waals surface area contributed by atoms with Gasteiger partial charge in [-0.05, 0) is 50.1 Å². The van der Waals surface area contributed by atoms with Crippen LogP contribution in [0.4, 0.5) is 0 Å². The zero-order valence-electron chi connectivity index (χ0n) is 15.1. The van der Waals surface area contributed by atoms with Gasteiger partial charge in [-0.25, -0.2) is 0 Å². The number of ether oxygens (including phenoxy) is 1. The van der Waals surface area contributed by atoms with E-state index < -0.39 is 0 Å². The van der Waals surface area contributed by atoms with Gasteiger partial charge in [0.2, 0.25) is 0 Å². The number of benzene rings is 1. The van der Waals surface area contributed by atoms with Crippen LogP contribution in [0, 0.1) is 13.8 Å². The third-order valence-corrected chi connectivity index (χ3v) is 4.85. The second-order valence-corrected chi connectivity index (χ2v) is 7.36. The fourth-order valence-electron chi connectivity index (χ4n) is 2.61. The number of hydrogen-bond acceptors (Lipinski definition) is 3. The molecule has 2 aromatic rings. The fraction of sp³-hybridized carbons (Fsp3) is 0.421. The van der Waals surface area contributed by atoms with Gasteiger partial charge in [0.15, 0.2) is 5.96 Å². The zero-order chi connectivity index (χ0) is 17.5. The average molecular weight is 346 g/mol. The number of aliphatic imine (C=N–C) groups is 1. The fourth-order valence-corrected chi connectivity index (χ4v) is 3.63. The molecule has 0 saturated heterocycles. The predicted octanol–water partition coefficient (Wildman–Crippen LogP) is 3.67. The predicted molar refractivity (Wildman–Crippen MR) is 103 cm³/mol. The Morgan fingerprint density at radius 3 is 2.62 bits per heavy atom. The first-order valence-corrected chi connectivity index (χ1v) is 8.99. The van der Waals surface area contributed by atoms with Crippen LogP contribution in [-0.4, -0.2) is 26.2 Å². The van der Waals surface area contributed by atoms with Crippen LogP contribution in [0.3, 0.4) is 0 Å². The minimum absolute atomic E-state index is 0.326. The van der Waals surface area contributed by atoms with Crippen molar-refractivity contribution in [2.45, 2.75) is 39.8 Å². The van der Waals surface area contributed by atoms with Crippen molar-refractivity contribution in [2.75, 3.05) is 14.2 Å². The summed E-state index contributed by atoms with van der Waals surface area (Å²) < 4.78 is 5.30. The topological polar surface area (TPSA) is 45.7 Å². The van der Waals surface area contributed by atoms with E-state index in [1.807, 2.05) is 17.4 Å². The van der Waals surface area contributed by atoms with Gasteiger partial charge in [0, 0.05) is 35.8 Å². The van der Waals surface area contributed by atoms with Gasteiger partial charge in [-0.3, -0.25) is 4.99 Å². The minimum Gasteiger partial charge on any atom is -0.496 e. The Bertz CT molecular complexity index is 694. The zero-order valence-corrected chi connectivity index (χ0v) is 16.0. The third kappa shape index (κ3) is 5.27. The van der Waals surface area contributed by atoms with Gasteiger partial charge in [-0.2, -0.15) is 0 Å². The number of nitrogens with one attached hydrogen (secondary N) is 2. The molecule has 0 aliphatic rings. The Labute approximate surface area is 149 Å². The minimum atomic E-state index is 0.326. The Balaban J connectivity index is 1.86. The summed E-state index contributed by atoms with van der Waals surface area (Å²) in [5.74, 6) is 1.74. The lowest BCUT2D eigenvalue weighted by Crippen LogP contribution is -2.42. The number of thiophene rings is 1. The van der Waals surface area contributed by atoms with Crippen LogP contribution >= 0.6 is 11.3 Å². The smallest absolute Gasteiger partial charge is 0.191 e. The van der Waals surface area contributed by atoms with E-state index in [0.717, 1.165) is 30.2 Å². The Kier molecular flexibility index (Phi) is 6.67. The largest absolute Gasteiger partial charge is 0.496 e. The van der Waals surface area contributed by atoms with Crippen LogP contribution in [0.15, 0.2) is 35.3 Å². The summed E-state index contributed by atoms with van der Waals surface area (Å²) in [5, 5.41) is 6.83. The maximum absolute atomic E-state index is 5.30. The van der Waals surface area contributed by atoms with Gasteiger partial charge in [0.25, 0.3) is 0 Å². The summed E-state index contributed by atoms with van der Waals surface area (Å²) in [5.41, 5.74) is 2.35. The second-order valence-electron chi connectivity index (χ2n) is 5.99. The number of nitrogens with zero attached hydrogens (tertiary/aromatic N) is 1. The summed E-state index contributed by atoms with van der Waals surface area (Å²) in [6.07, 6.45) is 1.00. The van der Waals surface area contributed by atoms with E-state index in [4.69, 9.17) is 4.74 Å². The third-order valence-electron chi connectivity index (χ3n) is 3.83. The Morgan fingerprint density at radius 2 is 2.04 bits per heavy atom. The van der Waals surface area contributed by atoms with Gasteiger partial charge in [0.1, 0.15) is 5.75 Å². The van der Waals surface area contributed by atoms with Crippen LogP contribution in [0.5, 0.6) is 5.75 Å². The molecule has 0 aliphatic carbocycles. The quantitative estimate of drug-likeness (QED) is 0.620. The van der Waals surface area contributed by atoms with Crippen LogP contribution in [0.2, 0.25) is 0 Å². The highest BCUT2D eigenvalue weighted by Crippen LogP contribution is 2.18. The SMILES string of the molecule is CN=C(NCc1ccc(OC)c(C)c1)NC(C)Cc1ccc(C)s1. The van der Waals surface area contributed by atoms with Crippen molar-refractivity contribution in [3.05, 3.63) is 51.2 Å². The number of aryl methyl sites for hydroxylation is 2. The number of guanidine groups is 1. The normalized spacial score (nSPS) is 12.8. The van der Waals surface area contributed by atoms with Gasteiger partial charge in [-0.1, -0.05) is 12.1 Å². The molecule has 0 fully saturated rings. The molecule has 4 nitrogen and oxygen atoms in total. The summed E-state index contributed by atoms with van der Waals surface area (Å²) in [4.78, 5) is 7.07. The lowest BCUT2D eigenvalue weighted by molar-refractivity contribution is 0.411. The van der Waals surface area contributed by atoms with Crippen molar-refractivity contribution in [2.24, 2.45) is 4.99 Å². The van der Waals surface area contributed by atoms with E-state index >= 15 is 0 Å². The number of methoxy groups -OCH3 is 1. The first kappa shape index (κ1) is 18.3. The summed E-state index contributed by atoms with van der Waals surface area (Å²) in [6, 6.07) is 10.9. The molecular formula is C19H27N3OS. The van der Waals surface area contributed by atoms with Crippen LogP contribution in [-0.2, 0) is 13.0 Å². The highest BCUT2D eigenvalue weighted by molar-refractivity contribution is 7.11. The molecule has 1 heterocycles. The van der Waals surface area contributed by atoms with Crippen molar-refractivity contribution in [1.29, 1.82) is 0 Å². The summed E-state index contributed by atoms with van der Waals surface area (Å²) >= 11 is 1.85. The molecule has 0 radical (unpaired) electrons. The van der Waals surface area contributed by atoms with Crippen molar-refractivity contribution < 1.29 is 4.74 Å². The molecule has 0 aliphatic heterocycles. The first-order chi connectivity index (χ1) is 11.5. The molecular weight excluding hydrogens is 318 g/mol. The molecule has 1 aromatic carbocycles. The summed E-state index contributed by atoms with van der Waals surface area (Å²) in [7, 11) is 3.50. The monoisotopic (exact) mass is 345 g/mol. The van der Waals surface area contributed by atoms with E-state index in [1.165, 1.54) is 15.3 Å². The van der Waals surface area contributed by atoms with Gasteiger partial charge in [-0.15, -0.1) is 11.3 Å². The summed E-state index contributed by atoms with van der Waals surface area (Å²) in [6.45, 7) is 7.11. The number of rotatable bonds is 6. The lowest BCUT2D eigenvalue weighted by atomic mass is 10.1. The van der Waals surface area contributed by atoms with Crippen LogP contribution in [0.25, 0.3) is 0 Å². The van der Waals surface area contributed by atoms with Gasteiger partial charge in [0.05, 0.1) is 7.11 Å². The molecule has 0 bridgehead atoms. The lowest BCUT2D eigenvalue weighted by Gasteiger charge is -2.18. The highest BCUT2D eigenvalue weighted by Gasteiger charge is 2.08. The van der Waals surface area contributed by atoms with Crippen molar-refractivity contribution in [1.82, 2.24) is 10.6 Å². The molecule has 1 unspecified atom stereocenters. The maximum atomic E-state index is 5.30. The van der Waals surface area contributed by atoms with Crippen molar-refractivity contribution in [3.8, 4) is 5.75 Å². The maximum Gasteiger partial charge on any atom is 0.191 e. The van der Waals surface area contributed by atoms with E-state index in [0.29, 0.717) is 6.04 Å². The van der Waals surface area contributed by atoms with E-state index in [2.05, 4.69) is 60.7 Å². The first-order valence-electron chi connectivity index (χ1n) is 8.18. The van der Waals surface area contributed by atoms with Gasteiger partial charge < -0.3 is 15.4 Å². The molecule has 130 valence electrons. The second kappa shape index (κ2) is 8.73. The molecule has 0 saturated carbocycles. The Hall–Kier alpha value is -2.01. The molecule has 0 amide bonds. The molecule has 0 spiro atoms. The molecule has 1 aromatic heterocycles. The van der Waals surface area contributed by atoms with Crippen LogP contribution < -0.4 is 15.4 Å². The average Bonchev–Trinajstić information content (AvgIpc) is 2.96. The number of hydrogen-bond donors (Lipinski definition) is 2. The van der Waals surface area contributed by atoms with Crippen molar-refractivity contribution >= 4 is 17.3 Å². The van der Waals surface area contributed by atoms with E-state index in [1.54, 1.807) is 14.2 Å². The molecule has 24 heavy (non-hydrogen) atoms. The van der Waals surface area contributed by atoms with Crippen molar-refractivity contribution in [3.63, 3.8) is 0 Å². The van der Waals surface area contributed by atoms with Gasteiger partial charge >= 0.3 is 0 Å². The molecule has 5 heteroatoms.